The predicted molar refractivity (Wildman–Crippen MR) is 88.1 cm³/mol. The van der Waals surface area contributed by atoms with Crippen molar-refractivity contribution >= 4 is 39.1 Å². The van der Waals surface area contributed by atoms with E-state index in [1.807, 2.05) is 24.3 Å². The van der Waals surface area contributed by atoms with Gasteiger partial charge in [-0.1, -0.05) is 23.7 Å². The Kier molecular flexibility index (Phi) is 5.16. The van der Waals surface area contributed by atoms with Crippen LogP contribution >= 0.6 is 23.4 Å². The van der Waals surface area contributed by atoms with E-state index in [2.05, 4.69) is 4.72 Å². The number of benzene rings is 2. The van der Waals surface area contributed by atoms with Gasteiger partial charge in [0.2, 0.25) is 10.0 Å². The van der Waals surface area contributed by atoms with Crippen molar-refractivity contribution in [2.45, 2.75) is 15.5 Å². The molecule has 0 heterocycles. The molecule has 0 radical (unpaired) electrons. The summed E-state index contributed by atoms with van der Waals surface area (Å²) in [4.78, 5) is 1.01. The number of nitrogens with one attached hydrogen (secondary N) is 1. The van der Waals surface area contributed by atoms with Crippen LogP contribution in [0.2, 0.25) is 5.02 Å². The molecule has 21 heavy (non-hydrogen) atoms. The number of hydrogen-bond donors (Lipinski definition) is 2. The van der Waals surface area contributed by atoms with E-state index in [0.717, 1.165) is 16.2 Å². The molecule has 112 valence electrons. The second kappa shape index (κ2) is 6.70. The van der Waals surface area contributed by atoms with Crippen LogP contribution in [-0.4, -0.2) is 15.5 Å². The minimum Gasteiger partial charge on any atom is -0.398 e. The highest BCUT2D eigenvalue weighted by Gasteiger charge is 2.15. The summed E-state index contributed by atoms with van der Waals surface area (Å²) < 4.78 is 25.7. The third-order valence-corrected chi connectivity index (χ3v) is 5.66. The topological polar surface area (TPSA) is 72.2 Å². The zero-order chi connectivity index (χ0) is 15.5. The molecule has 2 aromatic carbocycles. The summed E-state index contributed by atoms with van der Waals surface area (Å²) in [7, 11) is -2.16. The summed E-state index contributed by atoms with van der Waals surface area (Å²) in [6.07, 6.45) is 0. The van der Waals surface area contributed by atoms with Crippen molar-refractivity contribution in [3.63, 3.8) is 0 Å². The molecule has 0 aromatic heterocycles. The van der Waals surface area contributed by atoms with Crippen LogP contribution in [0, 0.1) is 0 Å². The van der Waals surface area contributed by atoms with Crippen LogP contribution in [-0.2, 0) is 15.8 Å². The number of sulfonamides is 1. The number of thioether (sulfide) groups is 1. The Morgan fingerprint density at radius 3 is 2.43 bits per heavy atom. The van der Waals surface area contributed by atoms with Crippen LogP contribution in [0.15, 0.2) is 52.3 Å². The molecular weight excluding hydrogens is 328 g/mol. The number of rotatable bonds is 5. The monoisotopic (exact) mass is 342 g/mol. The molecule has 0 aliphatic heterocycles. The van der Waals surface area contributed by atoms with Crippen LogP contribution in [0.4, 0.5) is 5.69 Å². The highest BCUT2D eigenvalue weighted by Crippen LogP contribution is 2.28. The van der Waals surface area contributed by atoms with Crippen molar-refractivity contribution in [1.82, 2.24) is 4.72 Å². The summed E-state index contributed by atoms with van der Waals surface area (Å²) in [5, 5.41) is 0.703. The minimum absolute atomic E-state index is 0.0980. The molecule has 2 aromatic rings. The molecule has 7 heteroatoms. The lowest BCUT2D eigenvalue weighted by Crippen LogP contribution is -2.19. The van der Waals surface area contributed by atoms with E-state index in [0.29, 0.717) is 5.02 Å². The highest BCUT2D eigenvalue weighted by atomic mass is 35.5. The summed E-state index contributed by atoms with van der Waals surface area (Å²) in [5.74, 6) is 0.759. The zero-order valence-corrected chi connectivity index (χ0v) is 13.7. The molecule has 3 N–H and O–H groups in total. The Labute approximate surface area is 133 Å². The molecular formula is C14H15ClN2O2S2. The molecule has 0 fully saturated rings. The molecule has 4 nitrogen and oxygen atoms in total. The first-order valence-electron chi connectivity index (χ1n) is 6.12. The van der Waals surface area contributed by atoms with Crippen molar-refractivity contribution in [3.05, 3.63) is 53.1 Å². The summed E-state index contributed by atoms with van der Waals surface area (Å²) in [5.41, 5.74) is 7.20. The summed E-state index contributed by atoms with van der Waals surface area (Å²) in [6.45, 7) is 0. The standard InChI is InChI=1S/C14H15ClN2O2S2/c1-17-21(18,19)14-7-6-12(8-13(14)16)20-9-10-2-4-11(15)5-3-10/h2-8,17H,9,16H2,1H3. The van der Waals surface area contributed by atoms with Gasteiger partial charge in [0.05, 0.1) is 5.69 Å². The van der Waals surface area contributed by atoms with Gasteiger partial charge in [0.15, 0.2) is 0 Å². The fourth-order valence-corrected chi connectivity index (χ4v) is 3.58. The smallest absolute Gasteiger partial charge is 0.242 e. The Hall–Kier alpha value is -1.21. The van der Waals surface area contributed by atoms with E-state index in [1.54, 1.807) is 23.9 Å². The largest absolute Gasteiger partial charge is 0.398 e. The average molecular weight is 343 g/mol. The zero-order valence-electron chi connectivity index (χ0n) is 11.3. The maximum Gasteiger partial charge on any atom is 0.242 e. The lowest BCUT2D eigenvalue weighted by atomic mass is 10.2. The van der Waals surface area contributed by atoms with Crippen molar-refractivity contribution < 1.29 is 8.42 Å². The number of halogens is 1. The number of nitrogens with two attached hydrogens (primary N) is 1. The van der Waals surface area contributed by atoms with Gasteiger partial charge in [-0.25, -0.2) is 13.1 Å². The lowest BCUT2D eigenvalue weighted by Gasteiger charge is -2.08. The number of nitrogen functional groups attached to an aromatic ring is 1. The Morgan fingerprint density at radius 2 is 1.86 bits per heavy atom. The van der Waals surface area contributed by atoms with E-state index in [1.165, 1.54) is 13.1 Å². The van der Waals surface area contributed by atoms with E-state index in [4.69, 9.17) is 17.3 Å². The van der Waals surface area contributed by atoms with E-state index >= 15 is 0 Å². The van der Waals surface area contributed by atoms with E-state index in [-0.39, 0.29) is 10.6 Å². The molecule has 0 atom stereocenters. The van der Waals surface area contributed by atoms with Gasteiger partial charge < -0.3 is 5.73 Å². The average Bonchev–Trinajstić information content (AvgIpc) is 2.46. The van der Waals surface area contributed by atoms with Crippen LogP contribution in [0.1, 0.15) is 5.56 Å². The first kappa shape index (κ1) is 16.2. The highest BCUT2D eigenvalue weighted by molar-refractivity contribution is 7.98. The first-order valence-corrected chi connectivity index (χ1v) is 8.97. The van der Waals surface area contributed by atoms with Gasteiger partial charge in [0.1, 0.15) is 4.90 Å². The van der Waals surface area contributed by atoms with E-state index in [9.17, 15) is 8.42 Å². The predicted octanol–water partition coefficient (Wildman–Crippen LogP) is 3.12. The van der Waals surface area contributed by atoms with Crippen LogP contribution in [0.3, 0.4) is 0 Å². The van der Waals surface area contributed by atoms with Crippen molar-refractivity contribution in [1.29, 1.82) is 0 Å². The van der Waals surface area contributed by atoms with Crippen molar-refractivity contribution in [2.75, 3.05) is 12.8 Å². The van der Waals surface area contributed by atoms with Gasteiger partial charge in [0, 0.05) is 15.7 Å². The quantitative estimate of drug-likeness (QED) is 0.647. The second-order valence-electron chi connectivity index (χ2n) is 4.32. The lowest BCUT2D eigenvalue weighted by molar-refractivity contribution is 0.588. The van der Waals surface area contributed by atoms with Gasteiger partial charge in [-0.2, -0.15) is 0 Å². The summed E-state index contributed by atoms with van der Waals surface area (Å²) in [6, 6.07) is 12.5. The van der Waals surface area contributed by atoms with Crippen LogP contribution in [0.25, 0.3) is 0 Å². The summed E-state index contributed by atoms with van der Waals surface area (Å²) >= 11 is 7.42. The Bertz CT molecular complexity index is 731. The minimum atomic E-state index is -3.52. The molecule has 0 bridgehead atoms. The van der Waals surface area contributed by atoms with Gasteiger partial charge in [-0.3, -0.25) is 0 Å². The molecule has 0 saturated carbocycles. The third-order valence-electron chi connectivity index (χ3n) is 2.86. The molecule has 0 aliphatic carbocycles. The number of anilines is 1. The van der Waals surface area contributed by atoms with Gasteiger partial charge in [-0.05, 0) is 42.9 Å². The maximum absolute atomic E-state index is 11.7. The SMILES string of the molecule is CNS(=O)(=O)c1ccc(SCc2ccc(Cl)cc2)cc1N. The van der Waals surface area contributed by atoms with Gasteiger partial charge in [-0.15, -0.1) is 11.8 Å². The Morgan fingerprint density at radius 1 is 1.19 bits per heavy atom. The van der Waals surface area contributed by atoms with Crippen molar-refractivity contribution in [3.8, 4) is 0 Å². The Balaban J connectivity index is 2.12. The molecule has 0 unspecified atom stereocenters. The fraction of sp³-hybridized carbons (Fsp3) is 0.143. The molecule has 0 amide bonds. The second-order valence-corrected chi connectivity index (χ2v) is 7.66. The molecule has 2 rings (SSSR count). The molecule has 0 saturated heterocycles. The van der Waals surface area contributed by atoms with Gasteiger partial charge >= 0.3 is 0 Å². The normalized spacial score (nSPS) is 11.5. The van der Waals surface area contributed by atoms with Crippen molar-refractivity contribution in [2.24, 2.45) is 0 Å². The van der Waals surface area contributed by atoms with Gasteiger partial charge in [0.25, 0.3) is 0 Å². The molecule has 0 spiro atoms. The first-order chi connectivity index (χ1) is 9.92. The molecule has 0 aliphatic rings. The maximum atomic E-state index is 11.7. The van der Waals surface area contributed by atoms with Crippen LogP contribution in [0.5, 0.6) is 0 Å². The number of hydrogen-bond acceptors (Lipinski definition) is 4. The fourth-order valence-electron chi connectivity index (χ4n) is 1.72. The third kappa shape index (κ3) is 4.14. The van der Waals surface area contributed by atoms with E-state index < -0.39 is 10.0 Å². The van der Waals surface area contributed by atoms with Crippen LogP contribution < -0.4 is 10.5 Å².